The minimum atomic E-state index is 0.0325. The molecule has 1 amide bonds. The Hall–Kier alpha value is -3.32. The molecule has 1 N–H and O–H groups in total. The number of pyridine rings is 2. The first-order chi connectivity index (χ1) is 18.9. The van der Waals surface area contributed by atoms with Gasteiger partial charge < -0.3 is 9.88 Å². The highest BCUT2D eigenvalue weighted by atomic mass is 16.2. The molecule has 7 heteroatoms. The first-order valence-electron chi connectivity index (χ1n) is 14.5. The first-order valence-corrected chi connectivity index (χ1v) is 14.5. The fourth-order valence-electron chi connectivity index (χ4n) is 6.40. The first kappa shape index (κ1) is 25.9. The van der Waals surface area contributed by atoms with Gasteiger partial charge in [0.1, 0.15) is 0 Å². The van der Waals surface area contributed by atoms with Crippen LogP contribution in [-0.2, 0) is 13.1 Å². The van der Waals surface area contributed by atoms with Crippen LogP contribution in [0.1, 0.15) is 101 Å². The molecule has 3 aromatic rings. The summed E-state index contributed by atoms with van der Waals surface area (Å²) in [7, 11) is 0. The van der Waals surface area contributed by atoms with Gasteiger partial charge in [-0.1, -0.05) is 32.1 Å². The Labute approximate surface area is 231 Å². The third kappa shape index (κ3) is 5.42. The molecule has 4 heterocycles. The Bertz CT molecular complexity index is 1390. The zero-order valence-electron chi connectivity index (χ0n) is 23.7. The molecule has 204 valence electrons. The van der Waals surface area contributed by atoms with E-state index < -0.39 is 0 Å². The molecule has 7 nitrogen and oxygen atoms in total. The highest BCUT2D eigenvalue weighted by molar-refractivity contribution is 5.91. The molecule has 6 rings (SSSR count). The maximum atomic E-state index is 13.5. The van der Waals surface area contributed by atoms with Gasteiger partial charge in [0, 0.05) is 56.2 Å². The number of carbonyl (C=O) groups is 1. The van der Waals surface area contributed by atoms with Crippen LogP contribution in [0.25, 0.3) is 6.08 Å². The Kier molecular flexibility index (Phi) is 7.10. The number of aryl methyl sites for hydroxylation is 2. The van der Waals surface area contributed by atoms with E-state index in [0.717, 1.165) is 68.2 Å². The third-order valence-corrected chi connectivity index (χ3v) is 8.75. The van der Waals surface area contributed by atoms with Crippen molar-refractivity contribution in [2.75, 3.05) is 13.1 Å². The number of carbonyl (C=O) groups excluding carboxylic acids is 1. The van der Waals surface area contributed by atoms with Crippen LogP contribution in [0.5, 0.6) is 0 Å². The molecule has 0 aromatic carbocycles. The molecule has 0 spiro atoms. The molecule has 39 heavy (non-hydrogen) atoms. The quantitative estimate of drug-likeness (QED) is 0.425. The van der Waals surface area contributed by atoms with Crippen LogP contribution in [0.2, 0.25) is 0 Å². The SMILES string of the molecule is Cc1cnc(CN(Cc2ncccc2C(C)C)C2CCCN(C(=O)c3nc4c([nH]3)C3CC3C=C4)CC2)c(C)c1. The van der Waals surface area contributed by atoms with E-state index in [4.69, 9.17) is 9.97 Å². The molecular weight excluding hydrogens is 484 g/mol. The van der Waals surface area contributed by atoms with Gasteiger partial charge in [0.05, 0.1) is 17.1 Å². The summed E-state index contributed by atoms with van der Waals surface area (Å²) in [6, 6.07) is 6.80. The van der Waals surface area contributed by atoms with Gasteiger partial charge in [-0.05, 0) is 80.2 Å². The summed E-state index contributed by atoms with van der Waals surface area (Å²) in [5.74, 6) is 2.11. The maximum absolute atomic E-state index is 13.5. The van der Waals surface area contributed by atoms with Gasteiger partial charge in [-0.15, -0.1) is 0 Å². The average molecular weight is 525 g/mol. The van der Waals surface area contributed by atoms with Gasteiger partial charge in [-0.2, -0.15) is 0 Å². The zero-order valence-corrected chi connectivity index (χ0v) is 23.7. The van der Waals surface area contributed by atoms with Gasteiger partial charge in [0.25, 0.3) is 5.91 Å². The zero-order chi connectivity index (χ0) is 27.1. The van der Waals surface area contributed by atoms with Crippen LogP contribution in [-0.4, -0.2) is 54.8 Å². The van der Waals surface area contributed by atoms with Crippen molar-refractivity contribution in [1.29, 1.82) is 0 Å². The molecule has 2 aliphatic carbocycles. The van der Waals surface area contributed by atoms with E-state index in [0.29, 0.717) is 29.6 Å². The molecule has 3 aliphatic rings. The number of H-pyrrole nitrogens is 1. The molecular formula is C32H40N6O. The van der Waals surface area contributed by atoms with E-state index in [1.54, 1.807) is 0 Å². The number of nitrogens with one attached hydrogen (secondary N) is 1. The monoisotopic (exact) mass is 524 g/mol. The normalized spacial score (nSPS) is 22.1. The molecule has 0 bridgehead atoms. The molecule has 3 aromatic heterocycles. The Morgan fingerprint density at radius 3 is 2.82 bits per heavy atom. The molecule has 0 radical (unpaired) electrons. The number of aromatic nitrogens is 4. The molecule has 3 unspecified atom stereocenters. The molecule has 1 aliphatic heterocycles. The van der Waals surface area contributed by atoms with Crippen molar-refractivity contribution in [2.24, 2.45) is 5.92 Å². The minimum Gasteiger partial charge on any atom is -0.337 e. The minimum absolute atomic E-state index is 0.0325. The lowest BCUT2D eigenvalue weighted by atomic mass is 9.99. The van der Waals surface area contributed by atoms with Crippen LogP contribution in [0.4, 0.5) is 0 Å². The number of imidazole rings is 1. The highest BCUT2D eigenvalue weighted by Crippen LogP contribution is 2.51. The highest BCUT2D eigenvalue weighted by Gasteiger charge is 2.42. The number of allylic oxidation sites excluding steroid dienone is 1. The van der Waals surface area contributed by atoms with Gasteiger partial charge in [-0.3, -0.25) is 19.7 Å². The lowest BCUT2D eigenvalue weighted by Gasteiger charge is -2.32. The van der Waals surface area contributed by atoms with Crippen molar-refractivity contribution in [3.63, 3.8) is 0 Å². The van der Waals surface area contributed by atoms with Gasteiger partial charge in [-0.25, -0.2) is 4.98 Å². The van der Waals surface area contributed by atoms with Crippen LogP contribution in [0, 0.1) is 19.8 Å². The van der Waals surface area contributed by atoms with Crippen LogP contribution in [0.15, 0.2) is 36.7 Å². The number of rotatable bonds is 7. The van der Waals surface area contributed by atoms with E-state index in [1.165, 1.54) is 23.1 Å². The fraction of sp³-hybridized carbons (Fsp3) is 0.500. The number of fused-ring (bicyclic) bond motifs is 3. The predicted molar refractivity (Wildman–Crippen MR) is 153 cm³/mol. The number of hydrogen-bond acceptors (Lipinski definition) is 5. The summed E-state index contributed by atoms with van der Waals surface area (Å²) < 4.78 is 0. The van der Waals surface area contributed by atoms with E-state index in [1.807, 2.05) is 23.4 Å². The van der Waals surface area contributed by atoms with Crippen molar-refractivity contribution in [2.45, 2.75) is 84.3 Å². The molecule has 3 atom stereocenters. The van der Waals surface area contributed by atoms with Crippen LogP contribution in [0.3, 0.4) is 0 Å². The summed E-state index contributed by atoms with van der Waals surface area (Å²) in [5.41, 5.74) is 8.08. The molecule has 1 saturated carbocycles. The summed E-state index contributed by atoms with van der Waals surface area (Å²) in [4.78, 5) is 35.8. The predicted octanol–water partition coefficient (Wildman–Crippen LogP) is 5.77. The molecule has 2 fully saturated rings. The fourth-order valence-corrected chi connectivity index (χ4v) is 6.40. The van der Waals surface area contributed by atoms with Gasteiger partial charge in [0.15, 0.2) is 5.82 Å². The lowest BCUT2D eigenvalue weighted by molar-refractivity contribution is 0.0743. The number of amides is 1. The van der Waals surface area contributed by atoms with Crippen molar-refractivity contribution < 1.29 is 4.79 Å². The Morgan fingerprint density at radius 2 is 2.00 bits per heavy atom. The summed E-state index contributed by atoms with van der Waals surface area (Å²) >= 11 is 0. The second kappa shape index (κ2) is 10.7. The number of aromatic amines is 1. The van der Waals surface area contributed by atoms with Crippen molar-refractivity contribution >= 4 is 12.0 Å². The lowest BCUT2D eigenvalue weighted by Crippen LogP contribution is -2.37. The average Bonchev–Trinajstić information content (AvgIpc) is 3.65. The number of likely N-dealkylation sites (tertiary alicyclic amines) is 1. The van der Waals surface area contributed by atoms with Gasteiger partial charge in [0.2, 0.25) is 0 Å². The summed E-state index contributed by atoms with van der Waals surface area (Å²) in [6.45, 7) is 11.8. The maximum Gasteiger partial charge on any atom is 0.289 e. The van der Waals surface area contributed by atoms with Crippen molar-refractivity contribution in [3.8, 4) is 0 Å². The Balaban J connectivity index is 1.21. The standard InChI is InChI=1S/C32H40N6O/c1-20(2)25-8-5-12-33-29(25)19-38(18-28-22(4)15-21(3)17-34-28)24-7-6-13-37(14-11-24)32(39)31-35-27-10-9-23-16-26(23)30(27)36-31/h5,8-10,12,15,17,20,23-24,26H,6-7,11,13-14,16,18-19H2,1-4H3,(H,35,36). The topological polar surface area (TPSA) is 78.0 Å². The van der Waals surface area contributed by atoms with Crippen molar-refractivity contribution in [3.05, 3.63) is 82.0 Å². The summed E-state index contributed by atoms with van der Waals surface area (Å²) in [5, 5.41) is 0. The van der Waals surface area contributed by atoms with E-state index in [-0.39, 0.29) is 5.91 Å². The van der Waals surface area contributed by atoms with Gasteiger partial charge >= 0.3 is 0 Å². The summed E-state index contributed by atoms with van der Waals surface area (Å²) in [6.07, 6.45) is 12.3. The third-order valence-electron chi connectivity index (χ3n) is 8.75. The molecule has 1 saturated heterocycles. The second-order valence-corrected chi connectivity index (χ2v) is 12.0. The van der Waals surface area contributed by atoms with Crippen LogP contribution < -0.4 is 0 Å². The van der Waals surface area contributed by atoms with E-state index in [2.05, 4.69) is 66.8 Å². The number of hydrogen-bond donors (Lipinski definition) is 1. The Morgan fingerprint density at radius 1 is 1.15 bits per heavy atom. The van der Waals surface area contributed by atoms with Crippen LogP contribution >= 0.6 is 0 Å². The van der Waals surface area contributed by atoms with E-state index in [9.17, 15) is 4.79 Å². The van der Waals surface area contributed by atoms with E-state index >= 15 is 0 Å². The smallest absolute Gasteiger partial charge is 0.289 e. The van der Waals surface area contributed by atoms with Crippen molar-refractivity contribution in [1.82, 2.24) is 29.7 Å². The largest absolute Gasteiger partial charge is 0.337 e. The number of nitrogens with zero attached hydrogens (tertiary/aromatic N) is 5. The second-order valence-electron chi connectivity index (χ2n) is 12.0.